The number of thiazole rings is 1. The van der Waals surface area contributed by atoms with Crippen LogP contribution in [0, 0.1) is 13.8 Å². The van der Waals surface area contributed by atoms with Gasteiger partial charge in [-0.15, -0.1) is 22.7 Å². The van der Waals surface area contributed by atoms with Gasteiger partial charge >= 0.3 is 0 Å². The molecule has 30 heavy (non-hydrogen) atoms. The first kappa shape index (κ1) is 21.7. The van der Waals surface area contributed by atoms with Gasteiger partial charge in [0.05, 0.1) is 23.7 Å². The van der Waals surface area contributed by atoms with Crippen molar-refractivity contribution in [3.8, 4) is 10.6 Å². The molecule has 0 bridgehead atoms. The van der Waals surface area contributed by atoms with Crippen molar-refractivity contribution in [2.75, 3.05) is 11.9 Å². The highest BCUT2D eigenvalue weighted by atomic mass is 32.1. The normalized spacial score (nSPS) is 10.5. The number of aryl methyl sites for hydroxylation is 2. The summed E-state index contributed by atoms with van der Waals surface area (Å²) in [7, 11) is 0. The molecule has 0 aliphatic heterocycles. The summed E-state index contributed by atoms with van der Waals surface area (Å²) in [5.74, 6) is -0.711. The first-order valence-corrected chi connectivity index (χ1v) is 11.0. The minimum Gasteiger partial charge on any atom is -0.351 e. The largest absolute Gasteiger partial charge is 0.351 e. The summed E-state index contributed by atoms with van der Waals surface area (Å²) in [6.07, 6.45) is 0. The standard InChI is InChI=1S/C21H22N4O3S2/c1-12-4-5-15(8-13(12)2)20(28)23-10-19(27)25-21-24-17(11-29-21)18-7-6-16(30-18)9-22-14(3)26/h4-8,11H,9-10H2,1-3H3,(H,22,26)(H,23,28)(H,24,25,27). The molecule has 0 fully saturated rings. The van der Waals surface area contributed by atoms with Crippen LogP contribution in [0.1, 0.15) is 33.3 Å². The minimum absolute atomic E-state index is 0.0757. The number of aromatic nitrogens is 1. The number of anilines is 1. The van der Waals surface area contributed by atoms with E-state index < -0.39 is 0 Å². The Morgan fingerprint density at radius 1 is 1.03 bits per heavy atom. The van der Waals surface area contributed by atoms with Crippen LogP contribution in [0.2, 0.25) is 0 Å². The molecule has 2 heterocycles. The van der Waals surface area contributed by atoms with Crippen molar-refractivity contribution in [3.63, 3.8) is 0 Å². The fourth-order valence-electron chi connectivity index (χ4n) is 2.58. The number of hydrogen-bond donors (Lipinski definition) is 3. The van der Waals surface area contributed by atoms with Gasteiger partial charge in [0.1, 0.15) is 0 Å². The molecule has 7 nitrogen and oxygen atoms in total. The van der Waals surface area contributed by atoms with E-state index >= 15 is 0 Å². The number of amides is 3. The quantitative estimate of drug-likeness (QED) is 0.521. The van der Waals surface area contributed by atoms with Crippen LogP contribution in [0.3, 0.4) is 0 Å². The van der Waals surface area contributed by atoms with E-state index in [4.69, 9.17) is 0 Å². The van der Waals surface area contributed by atoms with Crippen molar-refractivity contribution < 1.29 is 14.4 Å². The third-order valence-electron chi connectivity index (χ3n) is 4.35. The number of rotatable bonds is 7. The number of carbonyl (C=O) groups excluding carboxylic acids is 3. The maximum absolute atomic E-state index is 12.2. The summed E-state index contributed by atoms with van der Waals surface area (Å²) < 4.78 is 0. The molecular formula is C21H22N4O3S2. The van der Waals surface area contributed by atoms with Gasteiger partial charge in [0.2, 0.25) is 11.8 Å². The lowest BCUT2D eigenvalue weighted by Gasteiger charge is -2.07. The Morgan fingerprint density at radius 3 is 2.57 bits per heavy atom. The second kappa shape index (κ2) is 9.64. The van der Waals surface area contributed by atoms with E-state index in [-0.39, 0.29) is 24.3 Å². The maximum Gasteiger partial charge on any atom is 0.251 e. The Balaban J connectivity index is 1.52. The zero-order valence-electron chi connectivity index (χ0n) is 16.9. The summed E-state index contributed by atoms with van der Waals surface area (Å²) in [6.45, 7) is 5.74. The average Bonchev–Trinajstić information content (AvgIpc) is 3.36. The van der Waals surface area contributed by atoms with E-state index in [0.29, 0.717) is 17.2 Å². The molecule has 9 heteroatoms. The lowest BCUT2D eigenvalue weighted by Crippen LogP contribution is -2.32. The van der Waals surface area contributed by atoms with Crippen LogP contribution in [-0.2, 0) is 16.1 Å². The molecule has 0 saturated heterocycles. The first-order valence-electron chi connectivity index (χ1n) is 9.26. The van der Waals surface area contributed by atoms with Crippen LogP contribution < -0.4 is 16.0 Å². The van der Waals surface area contributed by atoms with Crippen LogP contribution in [0.5, 0.6) is 0 Å². The fourth-order valence-corrected chi connectivity index (χ4v) is 4.28. The van der Waals surface area contributed by atoms with E-state index in [1.807, 2.05) is 37.4 Å². The van der Waals surface area contributed by atoms with Gasteiger partial charge in [0, 0.05) is 22.7 Å². The topological polar surface area (TPSA) is 100 Å². The number of nitrogens with one attached hydrogen (secondary N) is 3. The van der Waals surface area contributed by atoms with E-state index in [9.17, 15) is 14.4 Å². The van der Waals surface area contributed by atoms with Gasteiger partial charge in [-0.25, -0.2) is 4.98 Å². The fraction of sp³-hybridized carbons (Fsp3) is 0.238. The number of carbonyl (C=O) groups is 3. The third kappa shape index (κ3) is 5.74. The van der Waals surface area contributed by atoms with Crippen LogP contribution >= 0.6 is 22.7 Å². The van der Waals surface area contributed by atoms with Crippen LogP contribution in [0.4, 0.5) is 5.13 Å². The van der Waals surface area contributed by atoms with Crippen LogP contribution in [-0.4, -0.2) is 29.3 Å². The second-order valence-corrected chi connectivity index (χ2v) is 8.77. The molecule has 0 aliphatic rings. The summed E-state index contributed by atoms with van der Waals surface area (Å²) in [5.41, 5.74) is 3.41. The van der Waals surface area contributed by atoms with Crippen molar-refractivity contribution in [2.45, 2.75) is 27.3 Å². The highest BCUT2D eigenvalue weighted by Gasteiger charge is 2.12. The first-order chi connectivity index (χ1) is 14.3. The molecule has 3 N–H and O–H groups in total. The summed E-state index contributed by atoms with van der Waals surface area (Å²) in [6, 6.07) is 9.30. The number of thiophene rings is 1. The summed E-state index contributed by atoms with van der Waals surface area (Å²) >= 11 is 2.85. The minimum atomic E-state index is -0.342. The number of benzene rings is 1. The molecule has 0 spiro atoms. The van der Waals surface area contributed by atoms with Gasteiger partial charge in [0.15, 0.2) is 5.13 Å². The maximum atomic E-state index is 12.2. The zero-order chi connectivity index (χ0) is 21.7. The Morgan fingerprint density at radius 2 is 1.83 bits per heavy atom. The Bertz CT molecular complexity index is 1090. The Hall–Kier alpha value is -3.04. The average molecular weight is 443 g/mol. The summed E-state index contributed by atoms with van der Waals surface area (Å²) in [5, 5.41) is 10.4. The molecule has 0 radical (unpaired) electrons. The number of nitrogens with zero attached hydrogens (tertiary/aromatic N) is 1. The molecule has 0 atom stereocenters. The molecule has 1 aromatic carbocycles. The highest BCUT2D eigenvalue weighted by Crippen LogP contribution is 2.30. The van der Waals surface area contributed by atoms with E-state index in [1.165, 1.54) is 29.6 Å². The van der Waals surface area contributed by atoms with Crippen molar-refractivity contribution in [1.82, 2.24) is 15.6 Å². The van der Waals surface area contributed by atoms with Crippen molar-refractivity contribution in [1.29, 1.82) is 0 Å². The molecule has 2 aromatic heterocycles. The van der Waals surface area contributed by atoms with Gasteiger partial charge < -0.3 is 16.0 Å². The molecule has 3 rings (SSSR count). The van der Waals surface area contributed by atoms with Crippen LogP contribution in [0.15, 0.2) is 35.7 Å². The monoisotopic (exact) mass is 442 g/mol. The lowest BCUT2D eigenvalue weighted by atomic mass is 10.1. The van der Waals surface area contributed by atoms with Gasteiger partial charge in [-0.2, -0.15) is 0 Å². The molecule has 0 saturated carbocycles. The SMILES string of the molecule is CC(=O)NCc1ccc(-c2csc(NC(=O)CNC(=O)c3ccc(C)c(C)c3)n2)s1. The van der Waals surface area contributed by atoms with E-state index in [0.717, 1.165) is 26.6 Å². The second-order valence-electron chi connectivity index (χ2n) is 6.74. The Kier molecular flexibility index (Phi) is 6.96. The lowest BCUT2D eigenvalue weighted by molar-refractivity contribution is -0.119. The molecular weight excluding hydrogens is 420 g/mol. The van der Waals surface area contributed by atoms with Gasteiger partial charge in [-0.1, -0.05) is 6.07 Å². The molecule has 156 valence electrons. The van der Waals surface area contributed by atoms with Gasteiger partial charge in [-0.05, 0) is 49.2 Å². The van der Waals surface area contributed by atoms with Gasteiger partial charge in [0.25, 0.3) is 5.91 Å². The van der Waals surface area contributed by atoms with Crippen LogP contribution in [0.25, 0.3) is 10.6 Å². The molecule has 3 amide bonds. The predicted octanol–water partition coefficient (Wildman–Crippen LogP) is 3.49. The molecule has 0 unspecified atom stereocenters. The Labute approximate surface area is 182 Å². The smallest absolute Gasteiger partial charge is 0.251 e. The molecule has 0 aliphatic carbocycles. The van der Waals surface area contributed by atoms with Crippen molar-refractivity contribution in [2.24, 2.45) is 0 Å². The van der Waals surface area contributed by atoms with Crippen molar-refractivity contribution in [3.05, 3.63) is 57.3 Å². The third-order valence-corrected chi connectivity index (χ3v) is 6.22. The van der Waals surface area contributed by atoms with E-state index in [2.05, 4.69) is 20.9 Å². The zero-order valence-corrected chi connectivity index (χ0v) is 18.5. The van der Waals surface area contributed by atoms with Gasteiger partial charge in [-0.3, -0.25) is 14.4 Å². The number of hydrogen-bond acceptors (Lipinski definition) is 6. The highest BCUT2D eigenvalue weighted by molar-refractivity contribution is 7.17. The summed E-state index contributed by atoms with van der Waals surface area (Å²) in [4.78, 5) is 41.8. The van der Waals surface area contributed by atoms with Crippen molar-refractivity contribution >= 4 is 45.5 Å². The van der Waals surface area contributed by atoms with E-state index in [1.54, 1.807) is 12.1 Å². The predicted molar refractivity (Wildman–Crippen MR) is 120 cm³/mol. The molecule has 3 aromatic rings.